The summed E-state index contributed by atoms with van der Waals surface area (Å²) in [7, 11) is 0. The van der Waals surface area contributed by atoms with Crippen LogP contribution in [-0.2, 0) is 0 Å². The molecule has 0 atom stereocenters. The van der Waals surface area contributed by atoms with Gasteiger partial charge in [-0.1, -0.05) is 72.9 Å². The summed E-state index contributed by atoms with van der Waals surface area (Å²) in [6, 6.07) is 36.1. The summed E-state index contributed by atoms with van der Waals surface area (Å²) in [5, 5.41) is 0. The van der Waals surface area contributed by atoms with Crippen LogP contribution < -0.4 is 14.2 Å². The molecule has 0 radical (unpaired) electrons. The first-order valence-corrected chi connectivity index (χ1v) is 16.5. The number of pyridine rings is 3. The van der Waals surface area contributed by atoms with E-state index in [-0.39, 0.29) is 0 Å². The van der Waals surface area contributed by atoms with Crippen LogP contribution >= 0.6 is 0 Å². The Balaban J connectivity index is 1.09. The lowest BCUT2D eigenvalue weighted by Gasteiger charge is -2.29. The minimum Gasteiger partial charge on any atom is -0.493 e. The third kappa shape index (κ3) is 10.6. The van der Waals surface area contributed by atoms with Crippen molar-refractivity contribution >= 4 is 36.5 Å². The van der Waals surface area contributed by atoms with Crippen LogP contribution in [0.1, 0.15) is 40.3 Å². The van der Waals surface area contributed by atoms with E-state index in [0.717, 1.165) is 50.6 Å². The zero-order chi connectivity index (χ0) is 34.3. The summed E-state index contributed by atoms with van der Waals surface area (Å²) in [5.74, 6) is 2.36. The summed E-state index contributed by atoms with van der Waals surface area (Å²) in [6.45, 7) is 3.33. The smallest absolute Gasteiger partial charge is 0.119 e. The van der Waals surface area contributed by atoms with E-state index in [1.54, 1.807) is 37.2 Å². The van der Waals surface area contributed by atoms with Crippen LogP contribution in [0.5, 0.6) is 17.2 Å². The summed E-state index contributed by atoms with van der Waals surface area (Å²) < 4.78 is 19.0. The van der Waals surface area contributed by atoms with Gasteiger partial charge in [-0.15, -0.1) is 0 Å². The standard InChI is InChI=1S/C44H39N3O3/c1-44(32-48-41-14-8-35(9-15-41)2-5-38-20-26-45-27-21-38,33-49-42-16-10-36(11-17-42)3-6-39-22-28-46-29-23-39)34-50-43-18-12-37(13-19-43)4-7-40-24-30-47-31-25-40/h2-31H,32-34H2,1H3/b5-2+,6-3+,7-4+. The molecule has 0 unspecified atom stereocenters. The Hall–Kier alpha value is -6.27. The van der Waals surface area contributed by atoms with Crippen molar-refractivity contribution in [2.45, 2.75) is 6.92 Å². The second kappa shape index (κ2) is 17.2. The van der Waals surface area contributed by atoms with E-state index < -0.39 is 5.41 Å². The monoisotopic (exact) mass is 657 g/mol. The van der Waals surface area contributed by atoms with Gasteiger partial charge in [-0.25, -0.2) is 0 Å². The Labute approximate surface area is 294 Å². The van der Waals surface area contributed by atoms with E-state index in [4.69, 9.17) is 14.2 Å². The Morgan fingerprint density at radius 1 is 0.360 bits per heavy atom. The summed E-state index contributed by atoms with van der Waals surface area (Å²) in [4.78, 5) is 12.2. The molecule has 3 aromatic carbocycles. The molecule has 0 aliphatic heterocycles. The Morgan fingerprint density at radius 3 is 0.820 bits per heavy atom. The van der Waals surface area contributed by atoms with E-state index in [9.17, 15) is 0 Å². The fourth-order valence-corrected chi connectivity index (χ4v) is 4.92. The fourth-order valence-electron chi connectivity index (χ4n) is 4.92. The molecule has 0 spiro atoms. The lowest BCUT2D eigenvalue weighted by atomic mass is 9.94. The topological polar surface area (TPSA) is 66.4 Å². The molecule has 0 saturated heterocycles. The predicted octanol–water partition coefficient (Wildman–Crippen LogP) is 9.93. The normalized spacial score (nSPS) is 11.7. The maximum atomic E-state index is 6.33. The quantitative estimate of drug-likeness (QED) is 0.110. The fraction of sp³-hybridized carbons (Fsp3) is 0.114. The molecule has 6 aromatic rings. The minimum atomic E-state index is -0.459. The Kier molecular flexibility index (Phi) is 11.6. The minimum absolute atomic E-state index is 0.401. The highest BCUT2D eigenvalue weighted by molar-refractivity contribution is 5.71. The number of ether oxygens (including phenoxy) is 3. The highest BCUT2D eigenvalue weighted by atomic mass is 16.5. The molecule has 0 aliphatic carbocycles. The molecule has 0 saturated carbocycles. The first-order chi connectivity index (χ1) is 24.6. The van der Waals surface area contributed by atoms with E-state index in [2.05, 4.69) is 58.3 Å². The molecule has 0 aliphatic rings. The average molecular weight is 658 g/mol. The van der Waals surface area contributed by atoms with Crippen LogP contribution in [0.4, 0.5) is 0 Å². The molecule has 50 heavy (non-hydrogen) atoms. The molecule has 3 heterocycles. The van der Waals surface area contributed by atoms with E-state index in [1.165, 1.54) is 0 Å². The van der Waals surface area contributed by atoms with Crippen molar-refractivity contribution in [1.29, 1.82) is 0 Å². The molecule has 0 N–H and O–H groups in total. The molecule has 0 amide bonds. The zero-order valence-corrected chi connectivity index (χ0v) is 28.0. The molecular formula is C44H39N3O3. The van der Waals surface area contributed by atoms with Crippen molar-refractivity contribution in [3.63, 3.8) is 0 Å². The van der Waals surface area contributed by atoms with Crippen molar-refractivity contribution in [3.8, 4) is 17.2 Å². The van der Waals surface area contributed by atoms with Crippen molar-refractivity contribution in [1.82, 2.24) is 15.0 Å². The summed E-state index contributed by atoms with van der Waals surface area (Å²) in [5.41, 5.74) is 6.10. The van der Waals surface area contributed by atoms with Gasteiger partial charge in [0.25, 0.3) is 0 Å². The highest BCUT2D eigenvalue weighted by Crippen LogP contribution is 2.26. The molecule has 6 heteroatoms. The van der Waals surface area contributed by atoms with Crippen molar-refractivity contribution in [2.24, 2.45) is 5.41 Å². The molecule has 6 rings (SSSR count). The van der Waals surface area contributed by atoms with E-state index in [1.807, 2.05) is 109 Å². The number of rotatable bonds is 15. The molecule has 6 nitrogen and oxygen atoms in total. The first kappa shape index (κ1) is 33.6. The van der Waals surface area contributed by atoms with Crippen LogP contribution in [-0.4, -0.2) is 34.8 Å². The molecule has 248 valence electrons. The molecular weight excluding hydrogens is 619 g/mol. The van der Waals surface area contributed by atoms with Crippen LogP contribution in [0.3, 0.4) is 0 Å². The van der Waals surface area contributed by atoms with Gasteiger partial charge in [0.05, 0.1) is 5.41 Å². The van der Waals surface area contributed by atoms with Crippen molar-refractivity contribution in [2.75, 3.05) is 19.8 Å². The van der Waals surface area contributed by atoms with Gasteiger partial charge in [0.2, 0.25) is 0 Å². The number of hydrogen-bond donors (Lipinski definition) is 0. The number of benzene rings is 3. The van der Waals surface area contributed by atoms with Crippen LogP contribution in [0, 0.1) is 5.41 Å². The van der Waals surface area contributed by atoms with Gasteiger partial charge in [-0.2, -0.15) is 0 Å². The Bertz CT molecular complexity index is 1740. The van der Waals surface area contributed by atoms with Gasteiger partial charge in [-0.05, 0) is 113 Å². The Morgan fingerprint density at radius 2 is 0.580 bits per heavy atom. The summed E-state index contributed by atoms with van der Waals surface area (Å²) in [6.07, 6.45) is 23.2. The maximum absolute atomic E-state index is 6.33. The SMILES string of the molecule is CC(COc1ccc(/C=C/c2ccncc2)cc1)(COc1ccc(/C=C/c2ccncc2)cc1)COc1ccc(/C=C/c2ccncc2)cc1. The molecule has 3 aromatic heterocycles. The maximum Gasteiger partial charge on any atom is 0.119 e. The lowest BCUT2D eigenvalue weighted by molar-refractivity contribution is 0.0473. The lowest BCUT2D eigenvalue weighted by Crippen LogP contribution is -2.37. The third-order valence-corrected chi connectivity index (χ3v) is 7.93. The largest absolute Gasteiger partial charge is 0.493 e. The van der Waals surface area contributed by atoms with Crippen LogP contribution in [0.2, 0.25) is 0 Å². The molecule has 0 bridgehead atoms. The van der Waals surface area contributed by atoms with Crippen LogP contribution in [0.25, 0.3) is 36.5 Å². The zero-order valence-electron chi connectivity index (χ0n) is 28.0. The number of nitrogens with zero attached hydrogens (tertiary/aromatic N) is 3. The number of hydrogen-bond acceptors (Lipinski definition) is 6. The van der Waals surface area contributed by atoms with E-state index >= 15 is 0 Å². The van der Waals surface area contributed by atoms with Crippen molar-refractivity contribution in [3.05, 3.63) is 180 Å². The van der Waals surface area contributed by atoms with Crippen molar-refractivity contribution < 1.29 is 14.2 Å². The highest BCUT2D eigenvalue weighted by Gasteiger charge is 2.28. The number of aromatic nitrogens is 3. The van der Waals surface area contributed by atoms with Gasteiger partial charge in [0, 0.05) is 37.2 Å². The predicted molar refractivity (Wildman–Crippen MR) is 203 cm³/mol. The molecule has 0 fully saturated rings. The summed E-state index contributed by atoms with van der Waals surface area (Å²) >= 11 is 0. The third-order valence-electron chi connectivity index (χ3n) is 7.93. The van der Waals surface area contributed by atoms with Gasteiger partial charge in [0.15, 0.2) is 0 Å². The second-order valence-electron chi connectivity index (χ2n) is 12.2. The van der Waals surface area contributed by atoms with Crippen LogP contribution in [0.15, 0.2) is 146 Å². The van der Waals surface area contributed by atoms with Gasteiger partial charge in [0.1, 0.15) is 37.1 Å². The van der Waals surface area contributed by atoms with Gasteiger partial charge in [-0.3, -0.25) is 15.0 Å². The first-order valence-electron chi connectivity index (χ1n) is 16.5. The van der Waals surface area contributed by atoms with Gasteiger partial charge >= 0.3 is 0 Å². The van der Waals surface area contributed by atoms with E-state index in [0.29, 0.717) is 19.8 Å². The van der Waals surface area contributed by atoms with Gasteiger partial charge < -0.3 is 14.2 Å². The average Bonchev–Trinajstić information content (AvgIpc) is 3.18. The second-order valence-corrected chi connectivity index (χ2v) is 12.2.